The molecule has 0 fully saturated rings. The molecule has 0 aliphatic heterocycles. The van der Waals surface area contributed by atoms with E-state index < -0.39 is 0 Å². The fourth-order valence-electron chi connectivity index (χ4n) is 3.17. The molecule has 0 unspecified atom stereocenters. The van der Waals surface area contributed by atoms with E-state index in [9.17, 15) is 0 Å². The molecule has 26 heavy (non-hydrogen) atoms. The Morgan fingerprint density at radius 2 is 1.15 bits per heavy atom. The molecule has 0 saturated carbocycles. The van der Waals surface area contributed by atoms with E-state index in [0.717, 1.165) is 0 Å². The first-order chi connectivity index (χ1) is 10.6. The van der Waals surface area contributed by atoms with Crippen LogP contribution >= 0.6 is 0 Å². The van der Waals surface area contributed by atoms with Crippen molar-refractivity contribution in [3.8, 4) is 0 Å². The van der Waals surface area contributed by atoms with Gasteiger partial charge in [0.1, 0.15) is 0 Å². The Kier molecular flexibility index (Phi) is 12.7. The number of hydrogen-bond donors (Lipinski definition) is 0. The minimum absolute atomic E-state index is 0. The molecule has 0 heterocycles. The van der Waals surface area contributed by atoms with Gasteiger partial charge in [-0.15, -0.1) is 5.56 Å². The quantitative estimate of drug-likeness (QED) is 0.297. The van der Waals surface area contributed by atoms with Gasteiger partial charge in [-0.05, 0) is 16.5 Å². The molecule has 0 N–H and O–H groups in total. The summed E-state index contributed by atoms with van der Waals surface area (Å²) in [5.74, 6) is 0.560. The number of hydrogen-bond acceptors (Lipinski definition) is 0. The second-order valence-electron chi connectivity index (χ2n) is 6.44. The zero-order valence-electron chi connectivity index (χ0n) is 15.2. The molecule has 0 aliphatic rings. The Hall–Kier alpha value is -0.626. The van der Waals surface area contributed by atoms with Crippen LogP contribution in [0, 0.1) is 0 Å². The molecule has 3 aromatic carbocycles. The average molecular weight is 442 g/mol. The van der Waals surface area contributed by atoms with Gasteiger partial charge in [0, 0.05) is 0 Å². The second kappa shape index (κ2) is 12.0. The molecule has 0 amide bonds. The van der Waals surface area contributed by atoms with E-state index >= 15 is 0 Å². The molecule has 3 rings (SSSR count). The fourth-order valence-corrected chi connectivity index (χ4v) is 3.17. The van der Waals surface area contributed by atoms with E-state index in [-0.39, 0.29) is 64.4 Å². The summed E-state index contributed by atoms with van der Waals surface area (Å²) in [7, 11) is 0. The van der Waals surface area contributed by atoms with E-state index in [4.69, 9.17) is 0 Å². The molecule has 136 valence electrons. The second-order valence-corrected chi connectivity index (χ2v) is 6.44. The summed E-state index contributed by atoms with van der Waals surface area (Å²) in [6.45, 7) is 6.83. The van der Waals surface area contributed by atoms with Crippen molar-refractivity contribution < 1.29 is 58.9 Å². The van der Waals surface area contributed by atoms with Gasteiger partial charge in [0.2, 0.25) is 0 Å². The monoisotopic (exact) mass is 440 g/mol. The Labute approximate surface area is 191 Å². The summed E-state index contributed by atoms with van der Waals surface area (Å²) in [5, 5.41) is 0. The maximum Gasteiger partial charge on any atom is 4.00 e. The molecule has 0 radical (unpaired) electrons. The van der Waals surface area contributed by atoms with E-state index in [0.29, 0.717) is 5.92 Å². The minimum Gasteiger partial charge on any atom is -1.00 e. The van der Waals surface area contributed by atoms with Crippen LogP contribution in [0.1, 0.15) is 48.9 Å². The summed E-state index contributed by atoms with van der Waals surface area (Å²) in [5.41, 5.74) is 5.33. The van der Waals surface area contributed by atoms with Gasteiger partial charge in [0.15, 0.2) is 0 Å². The van der Waals surface area contributed by atoms with Gasteiger partial charge in [0.25, 0.3) is 0 Å². The van der Waals surface area contributed by atoms with Crippen LogP contribution in [0.2, 0.25) is 0 Å². The topological polar surface area (TPSA) is 0 Å². The Morgan fingerprint density at radius 1 is 0.731 bits per heavy atom. The van der Waals surface area contributed by atoms with Crippen LogP contribution in [-0.2, 0) is 27.1 Å². The van der Waals surface area contributed by atoms with E-state index in [2.05, 4.69) is 99.6 Å². The largest absolute Gasteiger partial charge is 4.00 e. The summed E-state index contributed by atoms with van der Waals surface area (Å²) in [6.07, 6.45) is 0. The van der Waals surface area contributed by atoms with Crippen molar-refractivity contribution in [1.82, 2.24) is 0 Å². The number of benzene rings is 2. The summed E-state index contributed by atoms with van der Waals surface area (Å²) in [6, 6.07) is 28.5. The first-order valence-electron chi connectivity index (χ1n) is 8.00. The maximum atomic E-state index is 2.37. The molecule has 0 aromatic heterocycles. The van der Waals surface area contributed by atoms with Crippen molar-refractivity contribution in [3.05, 3.63) is 101 Å². The Bertz CT molecular complexity index is 697. The Morgan fingerprint density at radius 3 is 1.50 bits per heavy atom. The van der Waals surface area contributed by atoms with Crippen LogP contribution < -0.4 is 37.2 Å². The standard InChI is InChI=1S/C22H23.3ClH.Ti/c1-17(2)18-14-15-21(16-18)22(3,19-10-6-4-7-11-19)20-12-8-5-9-13-20;;;;/h4-17H,1-3H3;3*1H;/q-1;;;;+4/p-3. The molecular weight excluding hydrogens is 418 g/mol. The Balaban J connectivity index is 0. The van der Waals surface area contributed by atoms with E-state index in [1.165, 1.54) is 22.3 Å². The van der Waals surface area contributed by atoms with Crippen LogP contribution in [0.5, 0.6) is 0 Å². The van der Waals surface area contributed by atoms with Gasteiger partial charge < -0.3 is 37.2 Å². The van der Waals surface area contributed by atoms with Crippen molar-refractivity contribution in [3.63, 3.8) is 0 Å². The van der Waals surface area contributed by atoms with Crippen molar-refractivity contribution in [2.45, 2.75) is 32.1 Å². The maximum absolute atomic E-state index is 2.37. The predicted octanol–water partition coefficient (Wildman–Crippen LogP) is -3.11. The predicted molar refractivity (Wildman–Crippen MR) is 94.6 cm³/mol. The first-order valence-corrected chi connectivity index (χ1v) is 8.00. The van der Waals surface area contributed by atoms with Crippen molar-refractivity contribution in [2.75, 3.05) is 0 Å². The molecule has 3 aromatic rings. The summed E-state index contributed by atoms with van der Waals surface area (Å²) in [4.78, 5) is 0. The average Bonchev–Trinajstić information content (AvgIpc) is 3.06. The van der Waals surface area contributed by atoms with Gasteiger partial charge in [-0.2, -0.15) is 17.7 Å². The van der Waals surface area contributed by atoms with Crippen LogP contribution in [0.4, 0.5) is 0 Å². The van der Waals surface area contributed by atoms with Crippen LogP contribution in [-0.4, -0.2) is 0 Å². The smallest absolute Gasteiger partial charge is 1.00 e. The normalized spacial score (nSPS) is 10.0. The summed E-state index contributed by atoms with van der Waals surface area (Å²) < 4.78 is 0. The zero-order valence-corrected chi connectivity index (χ0v) is 19.0. The van der Waals surface area contributed by atoms with Gasteiger partial charge in [0.05, 0.1) is 0 Å². The molecule has 0 spiro atoms. The van der Waals surface area contributed by atoms with E-state index in [1.54, 1.807) is 0 Å². The fraction of sp³-hybridized carbons (Fsp3) is 0.227. The molecular formula is C22H23Cl3Ti. The van der Waals surface area contributed by atoms with Gasteiger partial charge >= 0.3 is 21.7 Å². The number of rotatable bonds is 4. The molecule has 4 heteroatoms. The van der Waals surface area contributed by atoms with Crippen molar-refractivity contribution in [2.24, 2.45) is 0 Å². The van der Waals surface area contributed by atoms with Crippen molar-refractivity contribution >= 4 is 0 Å². The van der Waals surface area contributed by atoms with Crippen molar-refractivity contribution in [1.29, 1.82) is 0 Å². The van der Waals surface area contributed by atoms with Crippen LogP contribution in [0.15, 0.2) is 78.9 Å². The molecule has 0 saturated heterocycles. The van der Waals surface area contributed by atoms with Gasteiger partial charge in [-0.25, -0.2) is 6.07 Å². The third-order valence-electron chi connectivity index (χ3n) is 4.72. The minimum atomic E-state index is -0.115. The third-order valence-corrected chi connectivity index (χ3v) is 4.72. The SMILES string of the molecule is CC(C)c1cc[c-](C(C)(c2ccccc2)c2ccccc2)c1.[Cl-].[Cl-].[Cl-].[Ti+4]. The van der Waals surface area contributed by atoms with Gasteiger partial charge in [-0.1, -0.05) is 87.4 Å². The van der Waals surface area contributed by atoms with Crippen LogP contribution in [0.25, 0.3) is 0 Å². The third kappa shape index (κ3) is 5.44. The first kappa shape index (κ1) is 27.6. The van der Waals surface area contributed by atoms with Crippen LogP contribution in [0.3, 0.4) is 0 Å². The molecule has 0 bridgehead atoms. The molecule has 0 nitrogen and oxygen atoms in total. The summed E-state index contributed by atoms with van der Waals surface area (Å²) >= 11 is 0. The molecule has 0 aliphatic carbocycles. The van der Waals surface area contributed by atoms with E-state index in [1.807, 2.05) is 0 Å². The van der Waals surface area contributed by atoms with Gasteiger partial charge in [-0.3, -0.25) is 0 Å². The number of halogens is 3. The molecule has 0 atom stereocenters. The zero-order chi connectivity index (χ0) is 15.6.